The van der Waals surface area contributed by atoms with Gasteiger partial charge >= 0.3 is 0 Å². The van der Waals surface area contributed by atoms with Crippen molar-refractivity contribution in [1.29, 1.82) is 0 Å². The Morgan fingerprint density at radius 2 is 2.31 bits per heavy atom. The summed E-state index contributed by atoms with van der Waals surface area (Å²) in [5.41, 5.74) is 7.16. The number of amides is 1. The van der Waals surface area contributed by atoms with Crippen molar-refractivity contribution >= 4 is 34.2 Å². The predicted octanol–water partition coefficient (Wildman–Crippen LogP) is 1.50. The minimum absolute atomic E-state index is 0.180. The van der Waals surface area contributed by atoms with Gasteiger partial charge in [0.1, 0.15) is 0 Å². The number of carbonyl (C=O) groups excluding carboxylic acids is 1. The van der Waals surface area contributed by atoms with Gasteiger partial charge in [-0.3, -0.25) is 4.79 Å². The second-order valence-electron chi connectivity index (χ2n) is 2.78. The van der Waals surface area contributed by atoms with Crippen LogP contribution >= 0.6 is 22.6 Å². The lowest BCUT2D eigenvalue weighted by molar-refractivity contribution is -0.116. The molecule has 13 heavy (non-hydrogen) atoms. The van der Waals surface area contributed by atoms with Crippen molar-refractivity contribution in [3.63, 3.8) is 0 Å². The van der Waals surface area contributed by atoms with E-state index in [1.807, 2.05) is 25.1 Å². The lowest BCUT2D eigenvalue weighted by Crippen LogP contribution is -2.21. The number of rotatable bonds is 3. The minimum atomic E-state index is -0.351. The summed E-state index contributed by atoms with van der Waals surface area (Å²) in [5.74, 6) is -0.351. The fourth-order valence-electron chi connectivity index (χ4n) is 0.892. The normalized spacial score (nSPS) is 9.69. The summed E-state index contributed by atoms with van der Waals surface area (Å²) in [4.78, 5) is 10.5. The third-order valence-electron chi connectivity index (χ3n) is 1.64. The molecule has 0 saturated heterocycles. The van der Waals surface area contributed by atoms with E-state index < -0.39 is 0 Å². The average molecular weight is 290 g/mol. The summed E-state index contributed by atoms with van der Waals surface area (Å²) in [6.07, 6.45) is 0. The summed E-state index contributed by atoms with van der Waals surface area (Å²) in [7, 11) is 0. The molecule has 4 heteroatoms. The number of nitrogens with two attached hydrogens (primary N) is 1. The van der Waals surface area contributed by atoms with E-state index in [1.165, 1.54) is 9.13 Å². The molecule has 3 nitrogen and oxygen atoms in total. The highest BCUT2D eigenvalue weighted by Crippen LogP contribution is 2.16. The van der Waals surface area contributed by atoms with E-state index in [4.69, 9.17) is 5.73 Å². The molecule has 0 spiro atoms. The molecule has 0 aliphatic rings. The Bertz CT molecular complexity index is 325. The molecule has 70 valence electrons. The van der Waals surface area contributed by atoms with Gasteiger partial charge in [-0.05, 0) is 47.2 Å². The number of halogens is 1. The zero-order valence-corrected chi connectivity index (χ0v) is 9.46. The number of anilines is 1. The molecule has 0 aromatic heterocycles. The highest BCUT2D eigenvalue weighted by Gasteiger charge is 1.97. The van der Waals surface area contributed by atoms with E-state index in [0.29, 0.717) is 0 Å². The van der Waals surface area contributed by atoms with E-state index in [9.17, 15) is 4.79 Å². The smallest absolute Gasteiger partial charge is 0.236 e. The van der Waals surface area contributed by atoms with Gasteiger partial charge in [-0.25, -0.2) is 0 Å². The van der Waals surface area contributed by atoms with Crippen LogP contribution < -0.4 is 11.1 Å². The Labute approximate surface area is 90.8 Å². The molecule has 0 radical (unpaired) electrons. The van der Waals surface area contributed by atoms with Gasteiger partial charge < -0.3 is 11.1 Å². The first-order valence-corrected chi connectivity index (χ1v) is 4.96. The Balaban J connectivity index is 2.68. The highest BCUT2D eigenvalue weighted by atomic mass is 127. The third kappa shape index (κ3) is 3.22. The Morgan fingerprint density at radius 1 is 1.62 bits per heavy atom. The van der Waals surface area contributed by atoms with Crippen molar-refractivity contribution in [3.8, 4) is 0 Å². The maximum absolute atomic E-state index is 10.5. The van der Waals surface area contributed by atoms with Crippen LogP contribution in [-0.2, 0) is 4.79 Å². The summed E-state index contributed by atoms with van der Waals surface area (Å²) in [5, 5.41) is 2.93. The van der Waals surface area contributed by atoms with Crippen molar-refractivity contribution in [2.75, 3.05) is 11.9 Å². The van der Waals surface area contributed by atoms with Gasteiger partial charge in [0.05, 0.1) is 6.54 Å². The topological polar surface area (TPSA) is 55.1 Å². The van der Waals surface area contributed by atoms with Gasteiger partial charge in [0.2, 0.25) is 5.91 Å². The number of primary amides is 1. The molecule has 0 aliphatic heterocycles. The summed E-state index contributed by atoms with van der Waals surface area (Å²) >= 11 is 2.25. The highest BCUT2D eigenvalue weighted by molar-refractivity contribution is 14.1. The van der Waals surface area contributed by atoms with Crippen LogP contribution in [0.2, 0.25) is 0 Å². The van der Waals surface area contributed by atoms with E-state index in [1.54, 1.807) is 0 Å². The van der Waals surface area contributed by atoms with Gasteiger partial charge in [-0.15, -0.1) is 0 Å². The Kier molecular flexibility index (Phi) is 3.53. The molecule has 1 amide bonds. The molecule has 0 aliphatic carbocycles. The number of aryl methyl sites for hydroxylation is 1. The fraction of sp³-hybridized carbons (Fsp3) is 0.222. The van der Waals surface area contributed by atoms with Crippen LogP contribution in [0.4, 0.5) is 5.69 Å². The van der Waals surface area contributed by atoms with Crippen LogP contribution in [0.3, 0.4) is 0 Å². The van der Waals surface area contributed by atoms with Crippen LogP contribution in [0, 0.1) is 10.5 Å². The zero-order valence-electron chi connectivity index (χ0n) is 7.30. The fourth-order valence-corrected chi connectivity index (χ4v) is 1.41. The van der Waals surface area contributed by atoms with Crippen LogP contribution in [0.15, 0.2) is 18.2 Å². The summed E-state index contributed by atoms with van der Waals surface area (Å²) in [6.45, 7) is 2.22. The van der Waals surface area contributed by atoms with Crippen molar-refractivity contribution in [3.05, 3.63) is 27.3 Å². The van der Waals surface area contributed by atoms with Gasteiger partial charge in [0.15, 0.2) is 0 Å². The molecule has 1 aromatic carbocycles. The van der Waals surface area contributed by atoms with Crippen LogP contribution in [0.1, 0.15) is 5.56 Å². The number of benzene rings is 1. The first-order chi connectivity index (χ1) is 6.09. The van der Waals surface area contributed by atoms with Crippen LogP contribution in [0.5, 0.6) is 0 Å². The molecule has 0 fully saturated rings. The summed E-state index contributed by atoms with van der Waals surface area (Å²) < 4.78 is 1.17. The van der Waals surface area contributed by atoms with Gasteiger partial charge in [-0.2, -0.15) is 0 Å². The molecule has 0 heterocycles. The van der Waals surface area contributed by atoms with Crippen LogP contribution in [0.25, 0.3) is 0 Å². The number of carbonyl (C=O) groups is 1. The van der Waals surface area contributed by atoms with E-state index in [-0.39, 0.29) is 12.5 Å². The van der Waals surface area contributed by atoms with Crippen molar-refractivity contribution in [1.82, 2.24) is 0 Å². The standard InChI is InChI=1S/C9H11IN2O/c1-6-2-3-7(4-8(6)10)12-5-9(11)13/h2-4,12H,5H2,1H3,(H2,11,13). The number of hydrogen-bond donors (Lipinski definition) is 2. The van der Waals surface area contributed by atoms with E-state index in [0.717, 1.165) is 5.69 Å². The summed E-state index contributed by atoms with van der Waals surface area (Å²) in [6, 6.07) is 5.92. The monoisotopic (exact) mass is 290 g/mol. The second-order valence-corrected chi connectivity index (χ2v) is 3.95. The third-order valence-corrected chi connectivity index (χ3v) is 2.80. The molecule has 1 aromatic rings. The lowest BCUT2D eigenvalue weighted by atomic mass is 10.2. The minimum Gasteiger partial charge on any atom is -0.376 e. The largest absolute Gasteiger partial charge is 0.376 e. The molecule has 0 atom stereocenters. The molecular formula is C9H11IN2O. The Morgan fingerprint density at radius 3 is 2.85 bits per heavy atom. The number of hydrogen-bond acceptors (Lipinski definition) is 2. The first-order valence-electron chi connectivity index (χ1n) is 3.88. The lowest BCUT2D eigenvalue weighted by Gasteiger charge is -2.05. The average Bonchev–Trinajstić information content (AvgIpc) is 2.07. The predicted molar refractivity (Wildman–Crippen MR) is 61.6 cm³/mol. The van der Waals surface area contributed by atoms with Gasteiger partial charge in [0.25, 0.3) is 0 Å². The van der Waals surface area contributed by atoms with Gasteiger partial charge in [0, 0.05) is 9.26 Å². The SMILES string of the molecule is Cc1ccc(NCC(N)=O)cc1I. The van der Waals surface area contributed by atoms with Gasteiger partial charge in [-0.1, -0.05) is 6.07 Å². The van der Waals surface area contributed by atoms with Crippen molar-refractivity contribution < 1.29 is 4.79 Å². The second kappa shape index (κ2) is 4.45. The van der Waals surface area contributed by atoms with Crippen molar-refractivity contribution in [2.45, 2.75) is 6.92 Å². The van der Waals surface area contributed by atoms with Crippen molar-refractivity contribution in [2.24, 2.45) is 5.73 Å². The molecule has 0 bridgehead atoms. The maximum atomic E-state index is 10.5. The van der Waals surface area contributed by atoms with E-state index in [2.05, 4.69) is 27.9 Å². The zero-order chi connectivity index (χ0) is 9.84. The van der Waals surface area contributed by atoms with E-state index >= 15 is 0 Å². The molecular weight excluding hydrogens is 279 g/mol. The molecule has 0 unspecified atom stereocenters. The maximum Gasteiger partial charge on any atom is 0.236 e. The quantitative estimate of drug-likeness (QED) is 0.829. The molecule has 1 rings (SSSR count). The first kappa shape index (κ1) is 10.3. The van der Waals surface area contributed by atoms with Crippen LogP contribution in [-0.4, -0.2) is 12.5 Å². The number of nitrogens with one attached hydrogen (secondary N) is 1. The molecule has 0 saturated carbocycles. The molecule has 3 N–H and O–H groups in total. The Hall–Kier alpha value is -0.780.